The van der Waals surface area contributed by atoms with Crippen molar-refractivity contribution in [3.63, 3.8) is 0 Å². The predicted molar refractivity (Wildman–Crippen MR) is 59.4 cm³/mol. The molecule has 1 aliphatic carbocycles. The van der Waals surface area contributed by atoms with Crippen LogP contribution in [-0.4, -0.2) is 13.0 Å². The monoisotopic (exact) mass is 223 g/mol. The SMILES string of the molecule is COc1cc2c(cc1C1(N)CC1)OCS2. The van der Waals surface area contributed by atoms with Crippen LogP contribution in [0.1, 0.15) is 18.4 Å². The number of fused-ring (bicyclic) bond motifs is 1. The molecule has 15 heavy (non-hydrogen) atoms. The molecule has 0 radical (unpaired) electrons. The molecule has 0 spiro atoms. The molecule has 0 saturated heterocycles. The number of hydrogen-bond donors (Lipinski definition) is 1. The van der Waals surface area contributed by atoms with E-state index >= 15 is 0 Å². The summed E-state index contributed by atoms with van der Waals surface area (Å²) in [4.78, 5) is 1.15. The highest BCUT2D eigenvalue weighted by Crippen LogP contribution is 2.50. The third-order valence-electron chi connectivity index (χ3n) is 3.02. The smallest absolute Gasteiger partial charge is 0.138 e. The van der Waals surface area contributed by atoms with Gasteiger partial charge >= 0.3 is 0 Å². The third kappa shape index (κ3) is 1.40. The highest BCUT2D eigenvalue weighted by atomic mass is 32.2. The molecule has 3 nitrogen and oxygen atoms in total. The van der Waals surface area contributed by atoms with Gasteiger partial charge in [-0.2, -0.15) is 0 Å². The van der Waals surface area contributed by atoms with Gasteiger partial charge in [0.1, 0.15) is 17.4 Å². The van der Waals surface area contributed by atoms with Crippen molar-refractivity contribution in [2.75, 3.05) is 13.0 Å². The van der Waals surface area contributed by atoms with Crippen molar-refractivity contribution in [2.24, 2.45) is 5.73 Å². The number of ether oxygens (including phenoxy) is 2. The van der Waals surface area contributed by atoms with Gasteiger partial charge in [0.05, 0.1) is 12.0 Å². The molecule has 1 fully saturated rings. The van der Waals surface area contributed by atoms with Crippen LogP contribution in [0.15, 0.2) is 17.0 Å². The molecule has 0 amide bonds. The van der Waals surface area contributed by atoms with Crippen molar-refractivity contribution in [3.8, 4) is 11.5 Å². The van der Waals surface area contributed by atoms with Gasteiger partial charge in [-0.05, 0) is 25.0 Å². The molecule has 0 aromatic heterocycles. The minimum atomic E-state index is -0.170. The zero-order chi connectivity index (χ0) is 10.5. The Kier molecular flexibility index (Phi) is 1.91. The fourth-order valence-electron chi connectivity index (χ4n) is 1.89. The summed E-state index contributed by atoms with van der Waals surface area (Å²) in [6.07, 6.45) is 2.07. The average molecular weight is 223 g/mol. The summed E-state index contributed by atoms with van der Waals surface area (Å²) in [7, 11) is 1.69. The fraction of sp³-hybridized carbons (Fsp3) is 0.455. The van der Waals surface area contributed by atoms with Gasteiger partial charge in [0.2, 0.25) is 0 Å². The standard InChI is InChI=1S/C11H13NO2S/c1-13-8-5-10-9(14-6-15-10)4-7(8)11(12)2-3-11/h4-5H,2-3,6,12H2,1H3. The predicted octanol–water partition coefficient (Wildman–Crippen LogP) is 2.08. The van der Waals surface area contributed by atoms with Crippen molar-refractivity contribution in [1.82, 2.24) is 0 Å². The molecule has 3 rings (SSSR count). The van der Waals surface area contributed by atoms with Gasteiger partial charge < -0.3 is 15.2 Å². The van der Waals surface area contributed by atoms with Crippen molar-refractivity contribution >= 4 is 11.8 Å². The molecule has 1 aromatic carbocycles. The van der Waals surface area contributed by atoms with E-state index in [1.54, 1.807) is 18.9 Å². The number of rotatable bonds is 2. The molecule has 2 aliphatic rings. The Morgan fingerprint density at radius 2 is 2.27 bits per heavy atom. The fourth-order valence-corrected chi connectivity index (χ4v) is 2.65. The van der Waals surface area contributed by atoms with E-state index in [1.165, 1.54) is 0 Å². The van der Waals surface area contributed by atoms with Gasteiger partial charge in [0.25, 0.3) is 0 Å². The first-order valence-corrected chi connectivity index (χ1v) is 5.98. The van der Waals surface area contributed by atoms with E-state index in [9.17, 15) is 0 Å². The van der Waals surface area contributed by atoms with Crippen molar-refractivity contribution in [2.45, 2.75) is 23.3 Å². The van der Waals surface area contributed by atoms with Crippen LogP contribution >= 0.6 is 11.8 Å². The maximum Gasteiger partial charge on any atom is 0.138 e. The van der Waals surface area contributed by atoms with Gasteiger partial charge in [-0.3, -0.25) is 0 Å². The first-order valence-electron chi connectivity index (χ1n) is 5.00. The molecular weight excluding hydrogens is 210 g/mol. The molecule has 1 aromatic rings. The van der Waals surface area contributed by atoms with Crippen molar-refractivity contribution in [1.29, 1.82) is 0 Å². The second-order valence-corrected chi connectivity index (χ2v) is 5.03. The lowest BCUT2D eigenvalue weighted by Crippen LogP contribution is -2.19. The second-order valence-electron chi connectivity index (χ2n) is 4.06. The average Bonchev–Trinajstić information content (AvgIpc) is 2.83. The summed E-state index contributed by atoms with van der Waals surface area (Å²) in [5.41, 5.74) is 7.12. The van der Waals surface area contributed by atoms with Crippen LogP contribution in [-0.2, 0) is 5.54 Å². The summed E-state index contributed by atoms with van der Waals surface area (Å²) < 4.78 is 10.9. The number of methoxy groups -OCH3 is 1. The Morgan fingerprint density at radius 1 is 1.47 bits per heavy atom. The van der Waals surface area contributed by atoms with Crippen molar-refractivity contribution < 1.29 is 9.47 Å². The van der Waals surface area contributed by atoms with Crippen LogP contribution in [0.4, 0.5) is 0 Å². The van der Waals surface area contributed by atoms with Crippen LogP contribution in [0.5, 0.6) is 11.5 Å². The number of hydrogen-bond acceptors (Lipinski definition) is 4. The van der Waals surface area contributed by atoms with E-state index in [0.29, 0.717) is 5.94 Å². The summed E-state index contributed by atoms with van der Waals surface area (Å²) in [6, 6.07) is 4.08. The Balaban J connectivity index is 2.12. The van der Waals surface area contributed by atoms with E-state index in [1.807, 2.05) is 12.1 Å². The molecule has 0 atom stereocenters. The van der Waals surface area contributed by atoms with Gasteiger partial charge in [-0.25, -0.2) is 0 Å². The maximum atomic E-state index is 6.20. The van der Waals surface area contributed by atoms with Crippen LogP contribution in [0.2, 0.25) is 0 Å². The van der Waals surface area contributed by atoms with E-state index in [2.05, 4.69) is 0 Å². The van der Waals surface area contributed by atoms with Gasteiger partial charge in [0, 0.05) is 11.1 Å². The first kappa shape index (κ1) is 9.36. The van der Waals surface area contributed by atoms with Gasteiger partial charge in [0.15, 0.2) is 0 Å². The zero-order valence-corrected chi connectivity index (χ0v) is 9.39. The second kappa shape index (κ2) is 3.06. The normalized spacial score (nSPS) is 20.7. The highest BCUT2D eigenvalue weighted by molar-refractivity contribution is 7.99. The summed E-state index contributed by atoms with van der Waals surface area (Å²) in [5.74, 6) is 2.54. The number of benzene rings is 1. The summed E-state index contributed by atoms with van der Waals surface area (Å²) >= 11 is 1.69. The largest absolute Gasteiger partial charge is 0.496 e. The molecule has 2 N–H and O–H groups in total. The van der Waals surface area contributed by atoms with E-state index in [-0.39, 0.29) is 5.54 Å². The lowest BCUT2D eigenvalue weighted by atomic mass is 10.0. The van der Waals surface area contributed by atoms with Gasteiger partial charge in [-0.15, -0.1) is 0 Å². The van der Waals surface area contributed by atoms with Crippen molar-refractivity contribution in [3.05, 3.63) is 17.7 Å². The molecule has 1 aliphatic heterocycles. The lowest BCUT2D eigenvalue weighted by molar-refractivity contribution is 0.385. The molecule has 1 heterocycles. The molecule has 4 heteroatoms. The minimum Gasteiger partial charge on any atom is -0.496 e. The third-order valence-corrected chi connectivity index (χ3v) is 3.89. The lowest BCUT2D eigenvalue weighted by Gasteiger charge is -2.15. The molecular formula is C11H13NO2S. The molecule has 0 unspecified atom stereocenters. The van der Waals surface area contributed by atoms with Crippen LogP contribution < -0.4 is 15.2 Å². The molecule has 80 valence electrons. The Morgan fingerprint density at radius 3 is 2.93 bits per heavy atom. The van der Waals surface area contributed by atoms with Gasteiger partial charge in [-0.1, -0.05) is 11.8 Å². The van der Waals surface area contributed by atoms with E-state index in [4.69, 9.17) is 15.2 Å². The summed E-state index contributed by atoms with van der Waals surface area (Å²) in [5, 5.41) is 0. The number of nitrogens with two attached hydrogens (primary N) is 1. The van der Waals surface area contributed by atoms with E-state index < -0.39 is 0 Å². The minimum absolute atomic E-state index is 0.170. The molecule has 1 saturated carbocycles. The Hall–Kier alpha value is -0.870. The van der Waals surface area contributed by atoms with Crippen LogP contribution in [0, 0.1) is 0 Å². The topological polar surface area (TPSA) is 44.5 Å². The number of thioether (sulfide) groups is 1. The van der Waals surface area contributed by atoms with Crippen LogP contribution in [0.25, 0.3) is 0 Å². The quantitative estimate of drug-likeness (QED) is 0.833. The Labute approximate surface area is 92.9 Å². The maximum absolute atomic E-state index is 6.20. The first-order chi connectivity index (χ1) is 7.23. The zero-order valence-electron chi connectivity index (χ0n) is 8.58. The van der Waals surface area contributed by atoms with Crippen LogP contribution in [0.3, 0.4) is 0 Å². The molecule has 0 bridgehead atoms. The Bertz CT molecular complexity index is 415. The van der Waals surface area contributed by atoms with E-state index in [0.717, 1.165) is 34.8 Å². The summed E-state index contributed by atoms with van der Waals surface area (Å²) in [6.45, 7) is 0. The highest BCUT2D eigenvalue weighted by Gasteiger charge is 2.43.